The van der Waals surface area contributed by atoms with Crippen molar-refractivity contribution in [3.05, 3.63) is 143 Å². The Bertz CT molecular complexity index is 2640. The van der Waals surface area contributed by atoms with Gasteiger partial charge in [0, 0.05) is 78.6 Å². The highest BCUT2D eigenvalue weighted by Crippen LogP contribution is 2.43. The average molecular weight is 864 g/mol. The van der Waals surface area contributed by atoms with Crippen molar-refractivity contribution in [2.24, 2.45) is 0 Å². The number of carbonyl (C=O) groups is 3. The fourth-order valence-electron chi connectivity index (χ4n) is 8.44. The summed E-state index contributed by atoms with van der Waals surface area (Å²) >= 11 is 6.02. The summed E-state index contributed by atoms with van der Waals surface area (Å²) in [5.74, 6) is 2.44. The number of fused-ring (bicyclic) bond motifs is 2. The predicted molar refractivity (Wildman–Crippen MR) is 249 cm³/mol. The number of terminal acetylenes is 1. The molecule has 6 aromatic rings. The summed E-state index contributed by atoms with van der Waals surface area (Å²) in [6, 6.07) is 30.5. The number of carboxylic acid groups (broad SMARTS) is 1. The first-order valence-electron chi connectivity index (χ1n) is 20.8. The lowest BCUT2D eigenvalue weighted by Gasteiger charge is -2.39. The monoisotopic (exact) mass is 863 g/mol. The third kappa shape index (κ3) is 10.1. The van der Waals surface area contributed by atoms with Crippen LogP contribution in [-0.4, -0.2) is 63.5 Å². The molecule has 63 heavy (non-hydrogen) atoms. The summed E-state index contributed by atoms with van der Waals surface area (Å²) in [5, 5.41) is 21.4. The second kappa shape index (κ2) is 19.4. The quantitative estimate of drug-likeness (QED) is 0.115. The molecule has 2 aliphatic heterocycles. The Hall–Kier alpha value is -6.94. The van der Waals surface area contributed by atoms with E-state index in [1.54, 1.807) is 51.4 Å². The molecule has 0 unspecified atom stereocenters. The maximum absolute atomic E-state index is 12.4. The summed E-state index contributed by atoms with van der Waals surface area (Å²) < 4.78 is 7.01. The van der Waals surface area contributed by atoms with Crippen LogP contribution in [0.1, 0.15) is 79.7 Å². The summed E-state index contributed by atoms with van der Waals surface area (Å²) in [5.41, 5.74) is 9.81. The van der Waals surface area contributed by atoms with Gasteiger partial charge in [-0.15, -0.1) is 6.42 Å². The van der Waals surface area contributed by atoms with Gasteiger partial charge in [-0.25, -0.2) is 9.78 Å². The number of amides is 2. The number of aromatic nitrogens is 3. The van der Waals surface area contributed by atoms with Crippen LogP contribution in [0.3, 0.4) is 0 Å². The van der Waals surface area contributed by atoms with E-state index in [0.29, 0.717) is 18.2 Å². The van der Waals surface area contributed by atoms with Crippen molar-refractivity contribution in [3.8, 4) is 34.6 Å². The number of rotatable bonds is 10. The maximum Gasteiger partial charge on any atom is 0.335 e. The van der Waals surface area contributed by atoms with Crippen LogP contribution in [0, 0.1) is 12.3 Å². The van der Waals surface area contributed by atoms with Crippen molar-refractivity contribution in [1.29, 1.82) is 0 Å². The number of hydrogen-bond acceptors (Lipinski definition) is 8. The van der Waals surface area contributed by atoms with E-state index in [2.05, 4.69) is 52.6 Å². The molecule has 0 bridgehead atoms. The van der Waals surface area contributed by atoms with Crippen molar-refractivity contribution >= 4 is 52.3 Å². The largest absolute Gasteiger partial charge is 0.478 e. The first-order chi connectivity index (χ1) is 30.3. The number of carboxylic acids is 1. The van der Waals surface area contributed by atoms with E-state index in [4.69, 9.17) is 27.9 Å². The predicted octanol–water partition coefficient (Wildman–Crippen LogP) is 9.87. The van der Waals surface area contributed by atoms with E-state index < -0.39 is 5.97 Å². The number of pyridine rings is 1. The molecule has 12 nitrogen and oxygen atoms in total. The lowest BCUT2D eigenvalue weighted by atomic mass is 9.88. The molecule has 3 N–H and O–H groups in total. The highest BCUT2D eigenvalue weighted by molar-refractivity contribution is 6.30. The molecule has 2 amide bonds. The van der Waals surface area contributed by atoms with Gasteiger partial charge in [0.25, 0.3) is 0 Å². The zero-order valence-electron chi connectivity index (χ0n) is 35.9. The van der Waals surface area contributed by atoms with Gasteiger partial charge in [0.05, 0.1) is 37.0 Å². The number of methoxy groups -OCH3 is 1. The van der Waals surface area contributed by atoms with E-state index in [1.807, 2.05) is 87.5 Å². The Morgan fingerprint density at radius 3 is 1.87 bits per heavy atom. The van der Waals surface area contributed by atoms with Gasteiger partial charge in [-0.2, -0.15) is 5.10 Å². The van der Waals surface area contributed by atoms with Gasteiger partial charge in [0.2, 0.25) is 11.8 Å². The first-order valence-corrected chi connectivity index (χ1v) is 21.2. The molecule has 2 aromatic heterocycles. The normalized spacial score (nSPS) is 17.6. The number of ether oxygens (including phenoxy) is 1. The van der Waals surface area contributed by atoms with Crippen LogP contribution in [-0.2, 0) is 20.9 Å². The molecular formula is C50H50ClN7O5. The third-order valence-electron chi connectivity index (χ3n) is 11.4. The summed E-state index contributed by atoms with van der Waals surface area (Å²) in [6.45, 7) is 8.63. The Balaban J connectivity index is 0.000000189. The smallest absolute Gasteiger partial charge is 0.335 e. The zero-order chi connectivity index (χ0) is 44.8. The van der Waals surface area contributed by atoms with E-state index in [9.17, 15) is 14.4 Å². The van der Waals surface area contributed by atoms with Gasteiger partial charge >= 0.3 is 5.97 Å². The van der Waals surface area contributed by atoms with Gasteiger partial charge in [0.15, 0.2) is 0 Å². The molecule has 0 saturated carbocycles. The van der Waals surface area contributed by atoms with Gasteiger partial charge < -0.3 is 30.3 Å². The molecule has 322 valence electrons. The molecule has 4 heterocycles. The highest BCUT2D eigenvalue weighted by atomic mass is 35.5. The topological polar surface area (TPSA) is 142 Å². The average Bonchev–Trinajstić information content (AvgIpc) is 3.75. The van der Waals surface area contributed by atoms with E-state index in [-0.39, 0.29) is 41.5 Å². The molecule has 8 rings (SSSR count). The van der Waals surface area contributed by atoms with Crippen LogP contribution < -0.4 is 20.4 Å². The fourth-order valence-corrected chi connectivity index (χ4v) is 8.56. The van der Waals surface area contributed by atoms with Crippen molar-refractivity contribution in [2.45, 2.75) is 71.2 Å². The number of nitrogens with zero attached hydrogens (tertiary/aromatic N) is 5. The van der Waals surface area contributed by atoms with E-state index in [0.717, 1.165) is 74.7 Å². The van der Waals surface area contributed by atoms with Crippen LogP contribution in [0.4, 0.5) is 22.9 Å². The Morgan fingerprint density at radius 1 is 0.778 bits per heavy atom. The number of halogens is 1. The number of hydrogen-bond donors (Lipinski definition) is 3. The molecule has 0 aliphatic carbocycles. The summed E-state index contributed by atoms with van der Waals surface area (Å²) in [4.78, 5) is 44.1. The van der Waals surface area contributed by atoms with E-state index >= 15 is 0 Å². The van der Waals surface area contributed by atoms with Crippen molar-refractivity contribution in [3.63, 3.8) is 0 Å². The number of benzene rings is 4. The van der Waals surface area contributed by atoms with Gasteiger partial charge in [-0.1, -0.05) is 41.8 Å². The van der Waals surface area contributed by atoms with Crippen molar-refractivity contribution in [1.82, 2.24) is 14.8 Å². The molecule has 0 saturated heterocycles. The molecule has 0 spiro atoms. The minimum atomic E-state index is -0.949. The second-order valence-corrected chi connectivity index (χ2v) is 16.3. The molecule has 13 heteroatoms. The molecule has 0 radical (unpaired) electrons. The summed E-state index contributed by atoms with van der Waals surface area (Å²) in [7, 11) is 1.68. The number of anilines is 4. The van der Waals surface area contributed by atoms with Crippen molar-refractivity contribution in [2.75, 3.05) is 34.2 Å². The van der Waals surface area contributed by atoms with Crippen LogP contribution in [0.25, 0.3) is 22.3 Å². The first kappa shape index (κ1) is 44.1. The standard InChI is InChI=1S/C25H23ClN2O3.C25H27N5O2/c1-15-13-23(27-21-10-8-20(26)9-11-21)22-14-19(7-12-24(22)28(15)16(2)29)17-3-5-18(6-4-17)25(30)31;1-5-19-6-9-25(26-14-19)28-23-12-17(2)30(18(3)31)24-8-7-20(13-22(23)24)21-15-27-29(16-21)10-11-32-4/h3-12,14-15,23,27H,13H2,1-2H3,(H,30,31);1,6-9,13-17,23H,10-12H2,2-4H3,(H,26,28)/t15-,23+;17-,23+/m00/s1. The second-order valence-electron chi connectivity index (χ2n) is 15.8. The summed E-state index contributed by atoms with van der Waals surface area (Å²) in [6.07, 6.45) is 12.5. The van der Waals surface area contributed by atoms with Crippen LogP contribution in [0.15, 0.2) is 116 Å². The fraction of sp³-hybridized carbons (Fsp3) is 0.260. The molecule has 4 atom stereocenters. The van der Waals surface area contributed by atoms with Crippen LogP contribution in [0.5, 0.6) is 0 Å². The third-order valence-corrected chi connectivity index (χ3v) is 11.7. The SMILES string of the molecule is C#Cc1ccc(N[C@@H]2C[C@H](C)N(C(C)=O)c3ccc(-c4cnn(CCOC)c4)cc32)nc1.CC(=O)N1c2ccc(-c3ccc(C(=O)O)cc3)cc2[C@H](Nc2ccc(Cl)cc2)C[C@@H]1C. The molecule has 4 aromatic carbocycles. The van der Waals surface area contributed by atoms with Gasteiger partial charge in [0.1, 0.15) is 5.82 Å². The number of aromatic carboxylic acids is 1. The minimum Gasteiger partial charge on any atom is -0.478 e. The Labute approximate surface area is 372 Å². The van der Waals surface area contributed by atoms with Crippen LogP contribution >= 0.6 is 11.6 Å². The number of carbonyl (C=O) groups excluding carboxylic acids is 2. The van der Waals surface area contributed by atoms with Crippen molar-refractivity contribution < 1.29 is 24.2 Å². The maximum atomic E-state index is 12.4. The zero-order valence-corrected chi connectivity index (χ0v) is 36.6. The van der Waals surface area contributed by atoms with Crippen LogP contribution in [0.2, 0.25) is 5.02 Å². The molecule has 0 fully saturated rings. The lowest BCUT2D eigenvalue weighted by molar-refractivity contribution is -0.118. The Morgan fingerprint density at radius 2 is 1.35 bits per heavy atom. The Kier molecular flexibility index (Phi) is 13.6. The van der Waals surface area contributed by atoms with E-state index in [1.165, 1.54) is 0 Å². The van der Waals surface area contributed by atoms with Gasteiger partial charge in [-0.3, -0.25) is 14.3 Å². The minimum absolute atomic E-state index is 0.00303. The highest BCUT2D eigenvalue weighted by Gasteiger charge is 2.34. The number of nitrogens with one attached hydrogen (secondary N) is 2. The van der Waals surface area contributed by atoms with Gasteiger partial charge in [-0.05, 0) is 127 Å². The molecular weight excluding hydrogens is 814 g/mol. The molecule has 2 aliphatic rings. The lowest BCUT2D eigenvalue weighted by Crippen LogP contribution is -2.43.